The van der Waals surface area contributed by atoms with Crippen LogP contribution in [0, 0.1) is 0 Å². The Morgan fingerprint density at radius 1 is 1.50 bits per heavy atom. The lowest BCUT2D eigenvalue weighted by molar-refractivity contribution is -0.117. The number of nitrogen functional groups attached to an aromatic ring is 1. The molecule has 1 fully saturated rings. The molecule has 5 heteroatoms. The highest BCUT2D eigenvalue weighted by atomic mass is 32.1. The first-order valence-electron chi connectivity index (χ1n) is 5.09. The first-order valence-corrected chi connectivity index (χ1v) is 5.60. The molecule has 1 aliphatic heterocycles. The van der Waals surface area contributed by atoms with Crippen molar-refractivity contribution in [1.29, 1.82) is 0 Å². The first-order chi connectivity index (χ1) is 7.60. The van der Waals surface area contributed by atoms with E-state index in [1.165, 1.54) is 0 Å². The van der Waals surface area contributed by atoms with Gasteiger partial charge in [-0.1, -0.05) is 0 Å². The molecular weight excluding hydrogens is 224 g/mol. The molecule has 3 N–H and O–H groups in total. The Morgan fingerprint density at radius 2 is 2.25 bits per heavy atom. The van der Waals surface area contributed by atoms with Crippen molar-refractivity contribution in [2.45, 2.75) is 18.3 Å². The maximum absolute atomic E-state index is 11.7. The quantitative estimate of drug-likeness (QED) is 0.527. The number of aliphatic hydroxyl groups excluding tert-OH is 1. The van der Waals surface area contributed by atoms with Crippen LogP contribution in [0.3, 0.4) is 0 Å². The molecule has 1 unspecified atom stereocenters. The van der Waals surface area contributed by atoms with Crippen molar-refractivity contribution in [1.82, 2.24) is 0 Å². The second kappa shape index (κ2) is 4.35. The molecule has 0 bridgehead atoms. The minimum Gasteiger partial charge on any atom is -0.399 e. The fourth-order valence-electron chi connectivity index (χ4n) is 1.89. The van der Waals surface area contributed by atoms with Gasteiger partial charge in [-0.2, -0.15) is 12.6 Å². The number of thiol groups is 1. The Morgan fingerprint density at radius 3 is 2.81 bits per heavy atom. The van der Waals surface area contributed by atoms with Crippen LogP contribution in [-0.2, 0) is 11.4 Å². The molecule has 16 heavy (non-hydrogen) atoms. The van der Waals surface area contributed by atoms with Crippen LogP contribution < -0.4 is 10.6 Å². The van der Waals surface area contributed by atoms with Crippen molar-refractivity contribution < 1.29 is 9.90 Å². The van der Waals surface area contributed by atoms with E-state index >= 15 is 0 Å². The van der Waals surface area contributed by atoms with Gasteiger partial charge in [0.05, 0.1) is 6.61 Å². The Labute approximate surface area is 99.5 Å². The monoisotopic (exact) mass is 238 g/mol. The van der Waals surface area contributed by atoms with E-state index in [0.717, 1.165) is 5.69 Å². The molecule has 1 aromatic carbocycles. The number of anilines is 2. The van der Waals surface area contributed by atoms with E-state index in [0.29, 0.717) is 24.2 Å². The van der Waals surface area contributed by atoms with Crippen LogP contribution in [0.25, 0.3) is 0 Å². The maximum atomic E-state index is 11.7. The molecule has 0 aliphatic carbocycles. The summed E-state index contributed by atoms with van der Waals surface area (Å²) in [5.41, 5.74) is 7.72. The number of nitrogens with two attached hydrogens (primary N) is 1. The Hall–Kier alpha value is -1.20. The van der Waals surface area contributed by atoms with Crippen molar-refractivity contribution >= 4 is 29.9 Å². The highest BCUT2D eigenvalue weighted by Crippen LogP contribution is 2.27. The highest BCUT2D eigenvalue weighted by Gasteiger charge is 2.28. The third-order valence-corrected chi connectivity index (χ3v) is 2.94. The number of carbonyl (C=O) groups is 1. The predicted octanol–water partition coefficient (Wildman–Crippen LogP) is 0.796. The maximum Gasteiger partial charge on any atom is 0.228 e. The second-order valence-electron chi connectivity index (χ2n) is 3.95. The summed E-state index contributed by atoms with van der Waals surface area (Å²) in [5, 5.41) is 9.15. The highest BCUT2D eigenvalue weighted by molar-refractivity contribution is 7.81. The Balaban J connectivity index is 2.33. The zero-order valence-corrected chi connectivity index (χ0v) is 9.65. The van der Waals surface area contributed by atoms with Gasteiger partial charge in [-0.05, 0) is 23.8 Å². The van der Waals surface area contributed by atoms with Crippen LogP contribution in [-0.4, -0.2) is 22.8 Å². The number of rotatable bonds is 2. The van der Waals surface area contributed by atoms with E-state index in [1.54, 1.807) is 23.1 Å². The summed E-state index contributed by atoms with van der Waals surface area (Å²) in [6.07, 6.45) is 0.451. The minimum absolute atomic E-state index is 0.0505. The molecular formula is C11H14N2O2S. The van der Waals surface area contributed by atoms with Crippen molar-refractivity contribution in [3.8, 4) is 0 Å². The normalized spacial score (nSPS) is 20.5. The first kappa shape index (κ1) is 11.3. The third kappa shape index (κ3) is 2.15. The summed E-state index contributed by atoms with van der Waals surface area (Å²) < 4.78 is 0. The van der Waals surface area contributed by atoms with Crippen LogP contribution in [0.2, 0.25) is 0 Å². The molecule has 0 radical (unpaired) electrons. The Bertz CT molecular complexity index is 422. The third-order valence-electron chi connectivity index (χ3n) is 2.60. The number of carbonyl (C=O) groups excluding carboxylic acids is 1. The fourth-order valence-corrected chi connectivity index (χ4v) is 2.20. The molecule has 4 nitrogen and oxygen atoms in total. The Kier molecular flexibility index (Phi) is 3.07. The van der Waals surface area contributed by atoms with Crippen LogP contribution in [0.1, 0.15) is 12.0 Å². The number of hydrogen-bond acceptors (Lipinski definition) is 4. The van der Waals surface area contributed by atoms with Gasteiger partial charge in [0.15, 0.2) is 0 Å². The van der Waals surface area contributed by atoms with Gasteiger partial charge in [-0.25, -0.2) is 0 Å². The summed E-state index contributed by atoms with van der Waals surface area (Å²) in [4.78, 5) is 13.3. The van der Waals surface area contributed by atoms with Crippen molar-refractivity contribution in [3.63, 3.8) is 0 Å². The largest absolute Gasteiger partial charge is 0.399 e. The summed E-state index contributed by atoms with van der Waals surface area (Å²) in [6.45, 7) is 0.515. The van der Waals surface area contributed by atoms with Gasteiger partial charge in [-0.3, -0.25) is 4.79 Å². The lowest BCUT2D eigenvalue weighted by Crippen LogP contribution is -2.24. The average molecular weight is 238 g/mol. The van der Waals surface area contributed by atoms with Crippen LogP contribution in [0.15, 0.2) is 18.2 Å². The smallest absolute Gasteiger partial charge is 0.228 e. The number of aliphatic hydroxyl groups is 1. The van der Waals surface area contributed by atoms with Gasteiger partial charge in [-0.15, -0.1) is 0 Å². The zero-order chi connectivity index (χ0) is 11.7. The zero-order valence-electron chi connectivity index (χ0n) is 8.76. The minimum atomic E-state index is -0.0790. The molecule has 1 aliphatic rings. The van der Waals surface area contributed by atoms with Gasteiger partial charge in [0, 0.05) is 29.6 Å². The number of benzene rings is 1. The fraction of sp³-hybridized carbons (Fsp3) is 0.364. The van der Waals surface area contributed by atoms with Crippen LogP contribution in [0.5, 0.6) is 0 Å². The van der Waals surface area contributed by atoms with E-state index in [9.17, 15) is 4.79 Å². The summed E-state index contributed by atoms with van der Waals surface area (Å²) in [7, 11) is 0. The van der Waals surface area contributed by atoms with E-state index in [2.05, 4.69) is 12.6 Å². The molecule has 2 rings (SSSR count). The predicted molar refractivity (Wildman–Crippen MR) is 66.5 cm³/mol. The number of hydrogen-bond donors (Lipinski definition) is 3. The lowest BCUT2D eigenvalue weighted by atomic mass is 10.1. The van der Waals surface area contributed by atoms with E-state index in [-0.39, 0.29) is 17.8 Å². The van der Waals surface area contributed by atoms with Crippen molar-refractivity contribution in [2.75, 3.05) is 17.2 Å². The summed E-state index contributed by atoms with van der Waals surface area (Å²) >= 11 is 4.29. The van der Waals surface area contributed by atoms with Crippen molar-refractivity contribution in [3.05, 3.63) is 23.8 Å². The van der Waals surface area contributed by atoms with Gasteiger partial charge in [0.1, 0.15) is 0 Å². The molecule has 1 heterocycles. The van der Waals surface area contributed by atoms with E-state index in [1.807, 2.05) is 0 Å². The van der Waals surface area contributed by atoms with Gasteiger partial charge in [0.2, 0.25) is 5.91 Å². The molecule has 1 atom stereocenters. The molecule has 0 saturated carbocycles. The molecule has 1 aromatic rings. The topological polar surface area (TPSA) is 66.6 Å². The molecule has 1 saturated heterocycles. The molecule has 1 amide bonds. The summed E-state index contributed by atoms with van der Waals surface area (Å²) in [5.74, 6) is 0.0505. The summed E-state index contributed by atoms with van der Waals surface area (Å²) in [6, 6.07) is 5.21. The second-order valence-corrected chi connectivity index (χ2v) is 4.68. The number of amides is 1. The van der Waals surface area contributed by atoms with E-state index in [4.69, 9.17) is 10.8 Å². The molecule has 0 spiro atoms. The van der Waals surface area contributed by atoms with Gasteiger partial charge >= 0.3 is 0 Å². The van der Waals surface area contributed by atoms with Gasteiger partial charge in [0.25, 0.3) is 0 Å². The molecule has 0 aromatic heterocycles. The lowest BCUT2D eigenvalue weighted by Gasteiger charge is -2.17. The molecule has 86 valence electrons. The van der Waals surface area contributed by atoms with Crippen LogP contribution in [0.4, 0.5) is 11.4 Å². The van der Waals surface area contributed by atoms with Gasteiger partial charge < -0.3 is 15.7 Å². The standard InChI is InChI=1S/C11H14N2O2S/c12-8-1-7(6-14)2-9(3-8)13-5-10(16)4-11(13)15/h1-3,10,14,16H,4-6,12H2. The van der Waals surface area contributed by atoms with Crippen LogP contribution >= 0.6 is 12.6 Å². The number of nitrogens with zero attached hydrogens (tertiary/aromatic N) is 1. The average Bonchev–Trinajstić information content (AvgIpc) is 2.57. The van der Waals surface area contributed by atoms with Crippen molar-refractivity contribution in [2.24, 2.45) is 0 Å². The van der Waals surface area contributed by atoms with E-state index < -0.39 is 0 Å². The SMILES string of the molecule is Nc1cc(CO)cc(N2CC(S)CC2=O)c1.